The van der Waals surface area contributed by atoms with Gasteiger partial charge in [-0.1, -0.05) is 0 Å². The van der Waals surface area contributed by atoms with Gasteiger partial charge in [0.25, 0.3) is 0 Å². The Bertz CT molecular complexity index is 412. The number of piperazine rings is 1. The minimum absolute atomic E-state index is 0.0838. The van der Waals surface area contributed by atoms with E-state index in [-0.39, 0.29) is 30.2 Å². The summed E-state index contributed by atoms with van der Waals surface area (Å²) >= 11 is 0. The molecule has 7 nitrogen and oxygen atoms in total. The summed E-state index contributed by atoms with van der Waals surface area (Å²) in [5.74, 6) is -1.63. The molecule has 20 heavy (non-hydrogen) atoms. The van der Waals surface area contributed by atoms with Crippen LogP contribution in [-0.2, 0) is 14.4 Å². The summed E-state index contributed by atoms with van der Waals surface area (Å²) in [6.07, 6.45) is 1.13. The van der Waals surface area contributed by atoms with Crippen LogP contribution in [0.4, 0.5) is 0 Å². The van der Waals surface area contributed by atoms with E-state index >= 15 is 0 Å². The lowest BCUT2D eigenvalue weighted by atomic mass is 9.91. The monoisotopic (exact) mass is 283 g/mol. The summed E-state index contributed by atoms with van der Waals surface area (Å²) in [5.41, 5.74) is 0. The van der Waals surface area contributed by atoms with Crippen molar-refractivity contribution in [3.63, 3.8) is 0 Å². The third kappa shape index (κ3) is 3.27. The molecule has 0 aromatic heterocycles. The van der Waals surface area contributed by atoms with Gasteiger partial charge in [0.05, 0.1) is 6.42 Å². The molecule has 0 radical (unpaired) electrons. The molecule has 0 bridgehead atoms. The molecular formula is C13H21N3O4. The Morgan fingerprint density at radius 1 is 1.40 bits per heavy atom. The largest absolute Gasteiger partial charge is 0.481 e. The quantitative estimate of drug-likeness (QED) is 0.628. The molecule has 3 N–H and O–H groups in total. The molecule has 7 heteroatoms. The number of carbonyl (C=O) groups excluding carboxylic acids is 2. The number of carbonyl (C=O) groups is 3. The number of hydrogen-bond acceptors (Lipinski definition) is 4. The number of piperidine rings is 1. The Kier molecular flexibility index (Phi) is 4.59. The second-order valence-electron chi connectivity index (χ2n) is 5.51. The van der Waals surface area contributed by atoms with Gasteiger partial charge in [-0.15, -0.1) is 0 Å². The molecule has 112 valence electrons. The minimum Gasteiger partial charge on any atom is -0.481 e. The van der Waals surface area contributed by atoms with E-state index in [1.54, 1.807) is 0 Å². The first-order valence-electron chi connectivity index (χ1n) is 7.02. The maximum atomic E-state index is 12.6. The topological polar surface area (TPSA) is 98.7 Å². The van der Waals surface area contributed by atoms with Crippen LogP contribution in [-0.4, -0.2) is 59.5 Å². The smallest absolute Gasteiger partial charge is 0.305 e. The van der Waals surface area contributed by atoms with Crippen LogP contribution in [0.15, 0.2) is 0 Å². The van der Waals surface area contributed by atoms with Crippen molar-refractivity contribution in [2.45, 2.75) is 38.3 Å². The van der Waals surface area contributed by atoms with E-state index in [0.717, 1.165) is 19.4 Å². The third-order valence-electron chi connectivity index (χ3n) is 3.95. The number of carboxylic acid groups (broad SMARTS) is 1. The van der Waals surface area contributed by atoms with Gasteiger partial charge in [0.15, 0.2) is 0 Å². The van der Waals surface area contributed by atoms with E-state index in [0.29, 0.717) is 13.1 Å². The summed E-state index contributed by atoms with van der Waals surface area (Å²) in [5, 5.41) is 14.8. The van der Waals surface area contributed by atoms with Crippen molar-refractivity contribution in [3.05, 3.63) is 0 Å². The molecule has 2 amide bonds. The molecule has 3 atom stereocenters. The van der Waals surface area contributed by atoms with Crippen LogP contribution >= 0.6 is 0 Å². The normalized spacial score (nSPS) is 30.8. The first-order chi connectivity index (χ1) is 9.49. The van der Waals surface area contributed by atoms with E-state index in [4.69, 9.17) is 5.11 Å². The molecule has 2 heterocycles. The van der Waals surface area contributed by atoms with Crippen LogP contribution in [0.25, 0.3) is 0 Å². The summed E-state index contributed by atoms with van der Waals surface area (Å²) in [4.78, 5) is 36.7. The van der Waals surface area contributed by atoms with Gasteiger partial charge in [0.2, 0.25) is 11.8 Å². The molecular weight excluding hydrogens is 262 g/mol. The molecule has 0 aromatic carbocycles. The average molecular weight is 283 g/mol. The highest BCUT2D eigenvalue weighted by atomic mass is 16.4. The zero-order chi connectivity index (χ0) is 14.7. The lowest BCUT2D eigenvalue weighted by molar-refractivity contribution is -0.151. The molecule has 0 saturated carbocycles. The fourth-order valence-corrected chi connectivity index (χ4v) is 2.94. The molecule has 2 aliphatic rings. The molecule has 2 saturated heterocycles. The number of carboxylic acids is 1. The van der Waals surface area contributed by atoms with E-state index in [1.165, 1.54) is 4.90 Å². The fraction of sp³-hybridized carbons (Fsp3) is 0.769. The van der Waals surface area contributed by atoms with E-state index < -0.39 is 12.0 Å². The highest BCUT2D eigenvalue weighted by Crippen LogP contribution is 2.21. The zero-order valence-corrected chi connectivity index (χ0v) is 11.6. The molecule has 2 fully saturated rings. The van der Waals surface area contributed by atoms with Crippen molar-refractivity contribution in [2.75, 3.05) is 19.6 Å². The first kappa shape index (κ1) is 14.8. The van der Waals surface area contributed by atoms with Crippen LogP contribution in [0.3, 0.4) is 0 Å². The van der Waals surface area contributed by atoms with E-state index in [2.05, 4.69) is 10.6 Å². The maximum Gasteiger partial charge on any atom is 0.305 e. The minimum atomic E-state index is -1.07. The average Bonchev–Trinajstić information content (AvgIpc) is 2.40. The second kappa shape index (κ2) is 6.21. The summed E-state index contributed by atoms with van der Waals surface area (Å²) in [6, 6.07) is -0.604. The van der Waals surface area contributed by atoms with Crippen LogP contribution < -0.4 is 10.6 Å². The molecule has 0 spiro atoms. The van der Waals surface area contributed by atoms with Gasteiger partial charge in [0, 0.05) is 25.0 Å². The molecule has 0 aromatic rings. The van der Waals surface area contributed by atoms with Crippen LogP contribution in [0.5, 0.6) is 0 Å². The number of amides is 2. The van der Waals surface area contributed by atoms with E-state index in [1.807, 2.05) is 6.92 Å². The standard InChI is InChI=1S/C13H21N3O4/c1-8-6-9(2-3-14-8)13(20)16-5-4-15-12(19)10(16)7-11(17)18/h8-10,14H,2-7H2,1H3,(H,15,19)(H,17,18). The van der Waals surface area contributed by atoms with Gasteiger partial charge >= 0.3 is 5.97 Å². The predicted molar refractivity (Wildman–Crippen MR) is 71.0 cm³/mol. The van der Waals surface area contributed by atoms with Crippen LogP contribution in [0, 0.1) is 5.92 Å². The SMILES string of the molecule is CC1CC(C(=O)N2CCNC(=O)C2CC(=O)O)CCN1. The van der Waals surface area contributed by atoms with Crippen molar-refractivity contribution < 1.29 is 19.5 Å². The van der Waals surface area contributed by atoms with Gasteiger partial charge in [-0.05, 0) is 26.3 Å². The molecule has 3 unspecified atom stereocenters. The van der Waals surface area contributed by atoms with E-state index in [9.17, 15) is 14.4 Å². The predicted octanol–water partition coefficient (Wildman–Crippen LogP) is -0.824. The Hall–Kier alpha value is -1.63. The van der Waals surface area contributed by atoms with Gasteiger partial charge in [-0.2, -0.15) is 0 Å². The van der Waals surface area contributed by atoms with Crippen molar-refractivity contribution in [1.29, 1.82) is 0 Å². The molecule has 2 aliphatic heterocycles. The van der Waals surface area contributed by atoms with Crippen LogP contribution in [0.1, 0.15) is 26.2 Å². The molecule has 2 rings (SSSR count). The lowest BCUT2D eigenvalue weighted by Crippen LogP contribution is -2.59. The Morgan fingerprint density at radius 3 is 2.80 bits per heavy atom. The Morgan fingerprint density at radius 2 is 2.15 bits per heavy atom. The summed E-state index contributed by atoms with van der Waals surface area (Å²) in [7, 11) is 0. The van der Waals surface area contributed by atoms with Gasteiger partial charge < -0.3 is 20.6 Å². The van der Waals surface area contributed by atoms with Gasteiger partial charge in [-0.3, -0.25) is 14.4 Å². The summed E-state index contributed by atoms with van der Waals surface area (Å²) < 4.78 is 0. The summed E-state index contributed by atoms with van der Waals surface area (Å²) in [6.45, 7) is 3.58. The highest BCUT2D eigenvalue weighted by molar-refractivity contribution is 5.92. The van der Waals surface area contributed by atoms with Crippen molar-refractivity contribution >= 4 is 17.8 Å². The van der Waals surface area contributed by atoms with Gasteiger partial charge in [0.1, 0.15) is 6.04 Å². The number of rotatable bonds is 3. The number of hydrogen-bond donors (Lipinski definition) is 3. The lowest BCUT2D eigenvalue weighted by Gasteiger charge is -2.38. The van der Waals surface area contributed by atoms with Crippen LogP contribution in [0.2, 0.25) is 0 Å². The van der Waals surface area contributed by atoms with Gasteiger partial charge in [-0.25, -0.2) is 0 Å². The van der Waals surface area contributed by atoms with Crippen molar-refractivity contribution in [2.24, 2.45) is 5.92 Å². The zero-order valence-electron chi connectivity index (χ0n) is 11.6. The Balaban J connectivity index is 2.08. The second-order valence-corrected chi connectivity index (χ2v) is 5.51. The first-order valence-corrected chi connectivity index (χ1v) is 7.02. The van der Waals surface area contributed by atoms with Crippen molar-refractivity contribution in [1.82, 2.24) is 15.5 Å². The number of nitrogens with one attached hydrogen (secondary N) is 2. The Labute approximate surface area is 117 Å². The number of nitrogens with zero attached hydrogens (tertiary/aromatic N) is 1. The highest BCUT2D eigenvalue weighted by Gasteiger charge is 2.38. The maximum absolute atomic E-state index is 12.6. The molecule has 0 aliphatic carbocycles. The van der Waals surface area contributed by atoms with Crippen molar-refractivity contribution in [3.8, 4) is 0 Å². The number of aliphatic carboxylic acids is 1. The fourth-order valence-electron chi connectivity index (χ4n) is 2.94. The third-order valence-corrected chi connectivity index (χ3v) is 3.95.